The zero-order chi connectivity index (χ0) is 14.9. The van der Waals surface area contributed by atoms with Gasteiger partial charge in [0, 0.05) is 25.4 Å². The summed E-state index contributed by atoms with van der Waals surface area (Å²) in [6.07, 6.45) is 1.70. The van der Waals surface area contributed by atoms with Crippen molar-refractivity contribution in [2.75, 3.05) is 5.73 Å². The fourth-order valence-corrected chi connectivity index (χ4v) is 3.07. The predicted octanol–water partition coefficient (Wildman–Crippen LogP) is 0.928. The van der Waals surface area contributed by atoms with E-state index in [0.717, 1.165) is 6.07 Å². The Kier molecular flexibility index (Phi) is 3.78. The van der Waals surface area contributed by atoms with Crippen molar-refractivity contribution >= 4 is 15.7 Å². The number of nitrogens with zero attached hydrogens (tertiary/aromatic N) is 2. The van der Waals surface area contributed by atoms with Crippen LogP contribution in [0, 0.1) is 12.7 Å². The van der Waals surface area contributed by atoms with Gasteiger partial charge in [-0.15, -0.1) is 0 Å². The number of nitrogens with two attached hydrogens (primary N) is 1. The number of hydrogen-bond acceptors (Lipinski definition) is 4. The number of halogens is 1. The minimum Gasteiger partial charge on any atom is -0.398 e. The predicted molar refractivity (Wildman–Crippen MR) is 72.8 cm³/mol. The molecule has 0 radical (unpaired) electrons. The third kappa shape index (κ3) is 2.81. The molecule has 1 aromatic carbocycles. The van der Waals surface area contributed by atoms with E-state index in [4.69, 9.17) is 5.73 Å². The van der Waals surface area contributed by atoms with Crippen LogP contribution in [0.3, 0.4) is 0 Å². The Hall–Kier alpha value is -1.93. The standard InChI is InChI=1S/C12H15FN4O2S/c1-8-9(7-17(2)16-8)6-15-20(18,19)12-10(13)4-3-5-11(12)14/h3-5,7,15H,6,14H2,1-2H3. The maximum Gasteiger partial charge on any atom is 0.245 e. The summed E-state index contributed by atoms with van der Waals surface area (Å²) >= 11 is 0. The number of sulfonamides is 1. The molecule has 0 aliphatic carbocycles. The van der Waals surface area contributed by atoms with E-state index in [1.54, 1.807) is 24.9 Å². The van der Waals surface area contributed by atoms with Gasteiger partial charge in [0.1, 0.15) is 10.7 Å². The van der Waals surface area contributed by atoms with E-state index in [0.29, 0.717) is 11.3 Å². The molecule has 0 unspecified atom stereocenters. The first-order valence-corrected chi connectivity index (χ1v) is 7.32. The van der Waals surface area contributed by atoms with Gasteiger partial charge in [-0.05, 0) is 19.1 Å². The Morgan fingerprint density at radius 3 is 2.70 bits per heavy atom. The molecule has 108 valence electrons. The summed E-state index contributed by atoms with van der Waals surface area (Å²) in [6, 6.07) is 3.75. The molecule has 0 atom stereocenters. The van der Waals surface area contributed by atoms with Gasteiger partial charge in [-0.25, -0.2) is 17.5 Å². The van der Waals surface area contributed by atoms with Gasteiger partial charge >= 0.3 is 0 Å². The number of benzene rings is 1. The SMILES string of the molecule is Cc1nn(C)cc1CNS(=O)(=O)c1c(N)cccc1F. The number of nitrogens with one attached hydrogen (secondary N) is 1. The lowest BCUT2D eigenvalue weighted by Gasteiger charge is -2.09. The molecule has 0 saturated heterocycles. The second-order valence-electron chi connectivity index (χ2n) is 4.40. The second kappa shape index (κ2) is 5.22. The lowest BCUT2D eigenvalue weighted by atomic mass is 10.3. The van der Waals surface area contributed by atoms with E-state index in [9.17, 15) is 12.8 Å². The fraction of sp³-hybridized carbons (Fsp3) is 0.250. The van der Waals surface area contributed by atoms with Crippen LogP contribution < -0.4 is 10.5 Å². The smallest absolute Gasteiger partial charge is 0.245 e. The van der Waals surface area contributed by atoms with Crippen molar-refractivity contribution in [3.8, 4) is 0 Å². The Bertz CT molecular complexity index is 720. The minimum atomic E-state index is -4.01. The first kappa shape index (κ1) is 14.5. The summed E-state index contributed by atoms with van der Waals surface area (Å²) in [5.41, 5.74) is 6.83. The van der Waals surface area contributed by atoms with Gasteiger partial charge in [0.15, 0.2) is 0 Å². The number of aromatic nitrogens is 2. The van der Waals surface area contributed by atoms with Crippen LogP contribution in [0.2, 0.25) is 0 Å². The zero-order valence-electron chi connectivity index (χ0n) is 11.1. The number of nitrogen functional groups attached to an aromatic ring is 1. The lowest BCUT2D eigenvalue weighted by Crippen LogP contribution is -2.25. The van der Waals surface area contributed by atoms with E-state index in [1.165, 1.54) is 12.1 Å². The van der Waals surface area contributed by atoms with Crippen LogP contribution in [0.1, 0.15) is 11.3 Å². The van der Waals surface area contributed by atoms with Gasteiger partial charge < -0.3 is 5.73 Å². The summed E-state index contributed by atoms with van der Waals surface area (Å²) in [6.45, 7) is 1.79. The van der Waals surface area contributed by atoms with E-state index in [1.807, 2.05) is 0 Å². The molecule has 0 fully saturated rings. The van der Waals surface area contributed by atoms with E-state index >= 15 is 0 Å². The molecule has 0 saturated carbocycles. The average Bonchev–Trinajstić information content (AvgIpc) is 2.65. The quantitative estimate of drug-likeness (QED) is 0.822. The largest absolute Gasteiger partial charge is 0.398 e. The molecule has 1 aromatic heterocycles. The molecule has 8 heteroatoms. The van der Waals surface area contributed by atoms with Crippen molar-refractivity contribution in [2.45, 2.75) is 18.4 Å². The van der Waals surface area contributed by atoms with Gasteiger partial charge in [0.25, 0.3) is 0 Å². The van der Waals surface area contributed by atoms with Crippen LogP contribution in [0.4, 0.5) is 10.1 Å². The van der Waals surface area contributed by atoms with Crippen molar-refractivity contribution in [1.29, 1.82) is 0 Å². The zero-order valence-corrected chi connectivity index (χ0v) is 11.9. The third-order valence-electron chi connectivity index (χ3n) is 2.83. The van der Waals surface area contributed by atoms with Gasteiger partial charge in [-0.3, -0.25) is 4.68 Å². The van der Waals surface area contributed by atoms with Crippen molar-refractivity contribution in [2.24, 2.45) is 7.05 Å². The first-order chi connectivity index (χ1) is 9.31. The number of rotatable bonds is 4. The third-order valence-corrected chi connectivity index (χ3v) is 4.33. The second-order valence-corrected chi connectivity index (χ2v) is 6.10. The van der Waals surface area contributed by atoms with Crippen LogP contribution in [-0.2, 0) is 23.6 Å². The van der Waals surface area contributed by atoms with Crippen LogP contribution in [-0.4, -0.2) is 18.2 Å². The highest BCUT2D eigenvalue weighted by atomic mass is 32.2. The highest BCUT2D eigenvalue weighted by Crippen LogP contribution is 2.21. The van der Waals surface area contributed by atoms with E-state index in [2.05, 4.69) is 9.82 Å². The molecule has 0 aliphatic heterocycles. The van der Waals surface area contributed by atoms with Gasteiger partial charge in [-0.2, -0.15) is 5.10 Å². The Morgan fingerprint density at radius 2 is 2.15 bits per heavy atom. The molecule has 1 heterocycles. The van der Waals surface area contributed by atoms with E-state index in [-0.39, 0.29) is 12.2 Å². The summed E-state index contributed by atoms with van der Waals surface area (Å²) in [5.74, 6) is -0.875. The highest BCUT2D eigenvalue weighted by Gasteiger charge is 2.22. The topological polar surface area (TPSA) is 90.0 Å². The van der Waals surface area contributed by atoms with Crippen molar-refractivity contribution in [3.05, 3.63) is 41.5 Å². The molecule has 3 N–H and O–H groups in total. The van der Waals surface area contributed by atoms with Gasteiger partial charge in [-0.1, -0.05) is 6.07 Å². The molecule has 0 aliphatic rings. The maximum atomic E-state index is 13.6. The normalized spacial score (nSPS) is 11.8. The Morgan fingerprint density at radius 1 is 1.45 bits per heavy atom. The lowest BCUT2D eigenvalue weighted by molar-refractivity contribution is 0.558. The van der Waals surface area contributed by atoms with Gasteiger partial charge in [0.05, 0.1) is 11.4 Å². The first-order valence-electron chi connectivity index (χ1n) is 5.84. The Balaban J connectivity index is 2.26. The minimum absolute atomic E-state index is 0.0236. The van der Waals surface area contributed by atoms with Crippen molar-refractivity contribution in [3.63, 3.8) is 0 Å². The highest BCUT2D eigenvalue weighted by molar-refractivity contribution is 7.89. The number of hydrogen-bond donors (Lipinski definition) is 2. The van der Waals surface area contributed by atoms with Crippen molar-refractivity contribution in [1.82, 2.24) is 14.5 Å². The molecule has 6 nitrogen and oxygen atoms in total. The summed E-state index contributed by atoms with van der Waals surface area (Å²) in [5, 5.41) is 4.10. The summed E-state index contributed by atoms with van der Waals surface area (Å²) in [4.78, 5) is -0.526. The van der Waals surface area contributed by atoms with Crippen LogP contribution in [0.15, 0.2) is 29.3 Å². The van der Waals surface area contributed by atoms with Crippen LogP contribution >= 0.6 is 0 Å². The van der Waals surface area contributed by atoms with Gasteiger partial charge in [0.2, 0.25) is 10.0 Å². The molecule has 0 spiro atoms. The molecular formula is C12H15FN4O2S. The number of aryl methyl sites for hydroxylation is 2. The van der Waals surface area contributed by atoms with Crippen LogP contribution in [0.5, 0.6) is 0 Å². The molecule has 2 rings (SSSR count). The molecule has 20 heavy (non-hydrogen) atoms. The molecule has 0 bridgehead atoms. The molecule has 2 aromatic rings. The average molecular weight is 298 g/mol. The number of anilines is 1. The maximum absolute atomic E-state index is 13.6. The summed E-state index contributed by atoms with van der Waals surface area (Å²) < 4.78 is 41.8. The molecular weight excluding hydrogens is 283 g/mol. The fourth-order valence-electron chi connectivity index (χ4n) is 1.88. The van der Waals surface area contributed by atoms with Crippen LogP contribution in [0.25, 0.3) is 0 Å². The monoisotopic (exact) mass is 298 g/mol. The van der Waals surface area contributed by atoms with E-state index < -0.39 is 20.7 Å². The molecule has 0 amide bonds. The summed E-state index contributed by atoms with van der Waals surface area (Å²) in [7, 11) is -2.28. The Labute approximate surface area is 116 Å². The van der Waals surface area contributed by atoms with Crippen molar-refractivity contribution < 1.29 is 12.8 Å².